The third kappa shape index (κ3) is 21.0. The van der Waals surface area contributed by atoms with Gasteiger partial charge in [-0.25, -0.2) is 0 Å². The second-order valence-electron chi connectivity index (χ2n) is 3.81. The second kappa shape index (κ2) is 15.1. The maximum Gasteiger partial charge on any atom is 0.322 e. The van der Waals surface area contributed by atoms with Crippen molar-refractivity contribution in [1.82, 2.24) is 0 Å². The lowest BCUT2D eigenvalue weighted by atomic mass is 10.1. The minimum Gasteiger partial charge on any atom is -0.468 e. The van der Waals surface area contributed by atoms with Crippen molar-refractivity contribution >= 4 is 11.8 Å². The fraction of sp³-hybridized carbons (Fsp3) is 0.846. The van der Waals surface area contributed by atoms with Crippen molar-refractivity contribution in [3.8, 4) is 0 Å². The van der Waals surface area contributed by atoms with Crippen LogP contribution in [0.1, 0.15) is 54.4 Å². The highest BCUT2D eigenvalue weighted by Crippen LogP contribution is 2.02. The number of nitrogens with two attached hydrogens (primary N) is 1. The van der Waals surface area contributed by atoms with Crippen LogP contribution in [-0.2, 0) is 14.3 Å². The van der Waals surface area contributed by atoms with Crippen LogP contribution in [0.5, 0.6) is 0 Å². The van der Waals surface area contributed by atoms with E-state index < -0.39 is 6.04 Å². The normalized spacial score (nSPS) is 10.4. The Labute approximate surface area is 106 Å². The summed E-state index contributed by atoms with van der Waals surface area (Å²) >= 11 is 0. The van der Waals surface area contributed by atoms with Gasteiger partial charge in [-0.1, -0.05) is 34.6 Å². The molecule has 17 heavy (non-hydrogen) atoms. The zero-order valence-corrected chi connectivity index (χ0v) is 12.4. The number of methoxy groups -OCH3 is 1. The topological polar surface area (TPSA) is 69.4 Å². The Morgan fingerprint density at radius 1 is 1.24 bits per heavy atom. The summed E-state index contributed by atoms with van der Waals surface area (Å²) in [5.74, 6) is 0.368. The summed E-state index contributed by atoms with van der Waals surface area (Å²) in [6, 6.07) is -0.454. The molecule has 4 nitrogen and oxygen atoms in total. The number of hydrogen-bond acceptors (Lipinski definition) is 4. The van der Waals surface area contributed by atoms with Crippen LogP contribution in [0.4, 0.5) is 0 Å². The number of carbonyl (C=O) groups excluding carboxylic acids is 2. The third-order valence-corrected chi connectivity index (χ3v) is 1.73. The molecule has 0 aliphatic carbocycles. The molecule has 104 valence electrons. The maximum absolute atomic E-state index is 10.7. The van der Waals surface area contributed by atoms with Crippen molar-refractivity contribution < 1.29 is 14.3 Å². The molecule has 0 radical (unpaired) electrons. The zero-order chi connectivity index (χ0) is 14.4. The molecule has 0 aliphatic rings. The fourth-order valence-electron chi connectivity index (χ4n) is 0.755. The van der Waals surface area contributed by atoms with Gasteiger partial charge in [-0.05, 0) is 19.3 Å². The Bertz CT molecular complexity index is 191. The van der Waals surface area contributed by atoms with Gasteiger partial charge in [0.25, 0.3) is 0 Å². The van der Waals surface area contributed by atoms with Gasteiger partial charge in [-0.2, -0.15) is 0 Å². The van der Waals surface area contributed by atoms with Crippen molar-refractivity contribution in [1.29, 1.82) is 0 Å². The van der Waals surface area contributed by atoms with E-state index in [4.69, 9.17) is 5.73 Å². The molecule has 0 aromatic rings. The van der Waals surface area contributed by atoms with E-state index in [1.54, 1.807) is 6.92 Å². The number of rotatable bonds is 4. The molecular weight excluding hydrogens is 218 g/mol. The molecule has 0 heterocycles. The molecule has 0 rings (SSSR count). The minimum absolute atomic E-state index is 0.255. The molecule has 0 amide bonds. The highest BCUT2D eigenvalue weighted by molar-refractivity contribution is 5.75. The van der Waals surface area contributed by atoms with Gasteiger partial charge in [0.1, 0.15) is 11.8 Å². The summed E-state index contributed by atoms with van der Waals surface area (Å²) in [7, 11) is 1.35. The van der Waals surface area contributed by atoms with E-state index in [1.165, 1.54) is 7.11 Å². The van der Waals surface area contributed by atoms with Crippen LogP contribution in [0.3, 0.4) is 0 Å². The van der Waals surface area contributed by atoms with Crippen LogP contribution in [-0.4, -0.2) is 24.9 Å². The monoisotopic (exact) mass is 247 g/mol. The first-order chi connectivity index (χ1) is 7.84. The van der Waals surface area contributed by atoms with E-state index in [0.29, 0.717) is 18.8 Å². The third-order valence-electron chi connectivity index (χ3n) is 1.73. The van der Waals surface area contributed by atoms with Crippen LogP contribution >= 0.6 is 0 Å². The van der Waals surface area contributed by atoms with Crippen molar-refractivity contribution in [2.24, 2.45) is 11.7 Å². The quantitative estimate of drug-likeness (QED) is 0.775. The number of ketones is 1. The summed E-state index contributed by atoms with van der Waals surface area (Å²) in [6.45, 7) is 11.5. The highest BCUT2D eigenvalue weighted by Gasteiger charge is 2.14. The van der Waals surface area contributed by atoms with Crippen LogP contribution in [0, 0.1) is 5.92 Å². The minimum atomic E-state index is -0.454. The lowest BCUT2D eigenvalue weighted by Crippen LogP contribution is -2.32. The Morgan fingerprint density at radius 3 is 1.76 bits per heavy atom. The van der Waals surface area contributed by atoms with E-state index in [-0.39, 0.29) is 11.8 Å². The molecule has 0 aromatic carbocycles. The molecule has 0 aliphatic heterocycles. The predicted octanol–water partition coefficient (Wildman–Crippen LogP) is 2.54. The molecule has 1 atom stereocenters. The van der Waals surface area contributed by atoms with Crippen molar-refractivity contribution in [2.45, 2.75) is 60.4 Å². The summed E-state index contributed by atoms with van der Waals surface area (Å²) in [4.78, 5) is 20.5. The van der Waals surface area contributed by atoms with E-state index >= 15 is 0 Å². The molecule has 2 N–H and O–H groups in total. The first-order valence-corrected chi connectivity index (χ1v) is 6.17. The predicted molar refractivity (Wildman–Crippen MR) is 71.8 cm³/mol. The molecule has 0 fully saturated rings. The molecule has 1 unspecified atom stereocenters. The number of carbonyl (C=O) groups is 2. The van der Waals surface area contributed by atoms with Gasteiger partial charge < -0.3 is 15.3 Å². The van der Waals surface area contributed by atoms with Gasteiger partial charge in [-0.15, -0.1) is 0 Å². The summed E-state index contributed by atoms with van der Waals surface area (Å²) in [5, 5.41) is 0. The molecule has 4 heteroatoms. The van der Waals surface area contributed by atoms with Gasteiger partial charge in [0, 0.05) is 6.42 Å². The average Bonchev–Trinajstić information content (AvgIpc) is 2.30. The Balaban J connectivity index is -0.000000236. The number of ether oxygens (including phenoxy) is 1. The molecule has 0 bridgehead atoms. The van der Waals surface area contributed by atoms with Gasteiger partial charge in [-0.3, -0.25) is 4.79 Å². The molecular formula is C13H29NO3. The summed E-state index contributed by atoms with van der Waals surface area (Å²) in [6.07, 6.45) is 1.35. The Hall–Kier alpha value is -0.900. The first kappa shape index (κ1) is 21.4. The van der Waals surface area contributed by atoms with Gasteiger partial charge in [0.2, 0.25) is 0 Å². The smallest absolute Gasteiger partial charge is 0.322 e. The second-order valence-corrected chi connectivity index (χ2v) is 3.81. The number of esters is 1. The van der Waals surface area contributed by atoms with Crippen LogP contribution < -0.4 is 5.73 Å². The largest absolute Gasteiger partial charge is 0.468 e. The van der Waals surface area contributed by atoms with Crippen molar-refractivity contribution in [3.05, 3.63) is 0 Å². The highest BCUT2D eigenvalue weighted by atomic mass is 16.5. The molecule has 0 aromatic heterocycles. The first-order valence-electron chi connectivity index (χ1n) is 6.17. The SMILES string of the molecule is CC.CCC(C)=O.COC(=O)C(N)CC(C)C. The Kier molecular flexibility index (Phi) is 19.0. The van der Waals surface area contributed by atoms with E-state index in [9.17, 15) is 9.59 Å². The molecule has 0 saturated heterocycles. The lowest BCUT2D eigenvalue weighted by molar-refractivity contribution is -0.142. The standard InChI is InChI=1S/C7H15NO2.C4H8O.C2H6/c1-5(2)4-6(8)7(9)10-3;1-3-4(2)5;1-2/h5-6H,4,8H2,1-3H3;3H2,1-2H3;1-2H3. The van der Waals surface area contributed by atoms with Crippen LogP contribution in [0.2, 0.25) is 0 Å². The van der Waals surface area contributed by atoms with Gasteiger partial charge in [0.15, 0.2) is 0 Å². The molecule has 0 saturated carbocycles. The van der Waals surface area contributed by atoms with Crippen LogP contribution in [0.25, 0.3) is 0 Å². The maximum atomic E-state index is 10.7. The van der Waals surface area contributed by atoms with E-state index in [0.717, 1.165) is 0 Å². The number of hydrogen-bond donors (Lipinski definition) is 1. The van der Waals surface area contributed by atoms with Gasteiger partial charge in [0.05, 0.1) is 7.11 Å². The number of Topliss-reactive ketones (excluding diaryl/α,β-unsaturated/α-hetero) is 1. The average molecular weight is 247 g/mol. The van der Waals surface area contributed by atoms with Crippen molar-refractivity contribution in [3.63, 3.8) is 0 Å². The van der Waals surface area contributed by atoms with E-state index in [2.05, 4.69) is 4.74 Å². The lowest BCUT2D eigenvalue weighted by Gasteiger charge is -2.10. The Morgan fingerprint density at radius 2 is 1.59 bits per heavy atom. The van der Waals surface area contributed by atoms with Gasteiger partial charge >= 0.3 is 5.97 Å². The summed E-state index contributed by atoms with van der Waals surface area (Å²) < 4.78 is 4.45. The van der Waals surface area contributed by atoms with Crippen LogP contribution in [0.15, 0.2) is 0 Å². The molecule has 0 spiro atoms. The summed E-state index contributed by atoms with van der Waals surface area (Å²) in [5.41, 5.74) is 5.45. The van der Waals surface area contributed by atoms with E-state index in [1.807, 2.05) is 34.6 Å². The zero-order valence-electron chi connectivity index (χ0n) is 12.4. The van der Waals surface area contributed by atoms with Crippen molar-refractivity contribution in [2.75, 3.05) is 7.11 Å². The fourth-order valence-corrected chi connectivity index (χ4v) is 0.755.